The number of carbonyl (C=O) groups excluding carboxylic acids is 1. The third-order valence-corrected chi connectivity index (χ3v) is 4.11. The van der Waals surface area contributed by atoms with Gasteiger partial charge in [-0.15, -0.1) is 5.10 Å². The zero-order chi connectivity index (χ0) is 19.6. The standard InChI is InChI=1S/C18H14ClF3N4O/c1-11(12-5-4-6-13(19)9-12)23-17(27)15-10-26(25-24-15)16-8-3-2-7-14(16)18(20,21)22/h2-11H,1H3,(H,23,27). The first-order valence-electron chi connectivity index (χ1n) is 7.91. The van der Waals surface area contributed by atoms with Crippen LogP contribution in [-0.2, 0) is 6.18 Å². The van der Waals surface area contributed by atoms with E-state index in [1.54, 1.807) is 31.2 Å². The molecule has 0 aliphatic heterocycles. The van der Waals surface area contributed by atoms with Crippen LogP contribution in [0.1, 0.15) is 34.6 Å². The van der Waals surface area contributed by atoms with E-state index in [2.05, 4.69) is 15.6 Å². The summed E-state index contributed by atoms with van der Waals surface area (Å²) in [6, 6.07) is 11.5. The van der Waals surface area contributed by atoms with E-state index in [1.165, 1.54) is 18.2 Å². The second-order valence-corrected chi connectivity index (χ2v) is 6.25. The van der Waals surface area contributed by atoms with Gasteiger partial charge in [-0.1, -0.05) is 41.1 Å². The number of hydrogen-bond donors (Lipinski definition) is 1. The molecule has 0 spiro atoms. The van der Waals surface area contributed by atoms with E-state index in [0.717, 1.165) is 22.5 Å². The van der Waals surface area contributed by atoms with Crippen molar-refractivity contribution < 1.29 is 18.0 Å². The lowest BCUT2D eigenvalue weighted by Gasteiger charge is -2.13. The van der Waals surface area contributed by atoms with Gasteiger partial charge in [0.05, 0.1) is 23.5 Å². The summed E-state index contributed by atoms with van der Waals surface area (Å²) in [5, 5.41) is 10.6. The molecule has 5 nitrogen and oxygen atoms in total. The van der Waals surface area contributed by atoms with Crippen molar-refractivity contribution in [3.05, 3.63) is 76.6 Å². The maximum Gasteiger partial charge on any atom is 0.418 e. The number of carbonyl (C=O) groups is 1. The molecule has 0 saturated heterocycles. The fourth-order valence-electron chi connectivity index (χ4n) is 2.53. The van der Waals surface area contributed by atoms with Crippen molar-refractivity contribution >= 4 is 17.5 Å². The second kappa shape index (κ2) is 7.40. The van der Waals surface area contributed by atoms with E-state index in [4.69, 9.17) is 11.6 Å². The quantitative estimate of drug-likeness (QED) is 0.712. The lowest BCUT2D eigenvalue weighted by atomic mass is 10.1. The largest absolute Gasteiger partial charge is 0.418 e. The van der Waals surface area contributed by atoms with Gasteiger partial charge in [0.25, 0.3) is 5.91 Å². The van der Waals surface area contributed by atoms with E-state index in [9.17, 15) is 18.0 Å². The second-order valence-electron chi connectivity index (χ2n) is 5.81. The third kappa shape index (κ3) is 4.28. The SMILES string of the molecule is CC(NC(=O)c1cn(-c2ccccc2C(F)(F)F)nn1)c1cccc(Cl)c1. The van der Waals surface area contributed by atoms with Gasteiger partial charge >= 0.3 is 6.18 Å². The Kier molecular flexibility index (Phi) is 5.18. The van der Waals surface area contributed by atoms with Crippen LogP contribution in [-0.4, -0.2) is 20.9 Å². The summed E-state index contributed by atoms with van der Waals surface area (Å²) in [6.45, 7) is 1.76. The number of alkyl halides is 3. The molecule has 1 heterocycles. The number of nitrogens with one attached hydrogen (secondary N) is 1. The van der Waals surface area contributed by atoms with Gasteiger partial charge in [0, 0.05) is 5.02 Å². The zero-order valence-corrected chi connectivity index (χ0v) is 14.8. The van der Waals surface area contributed by atoms with E-state index < -0.39 is 17.6 Å². The number of aromatic nitrogens is 3. The van der Waals surface area contributed by atoms with Crippen molar-refractivity contribution in [2.45, 2.75) is 19.1 Å². The number of benzene rings is 2. The number of rotatable bonds is 4. The van der Waals surface area contributed by atoms with E-state index in [-0.39, 0.29) is 17.4 Å². The molecule has 0 aliphatic rings. The van der Waals surface area contributed by atoms with Crippen molar-refractivity contribution in [3.8, 4) is 5.69 Å². The van der Waals surface area contributed by atoms with Gasteiger partial charge in [-0.2, -0.15) is 13.2 Å². The summed E-state index contributed by atoms with van der Waals surface area (Å²) in [7, 11) is 0. The van der Waals surface area contributed by atoms with Crippen LogP contribution in [0.2, 0.25) is 5.02 Å². The summed E-state index contributed by atoms with van der Waals surface area (Å²) in [5.41, 5.74) is -0.389. The van der Waals surface area contributed by atoms with Gasteiger partial charge < -0.3 is 5.32 Å². The minimum absolute atomic E-state index is 0.0964. The molecule has 1 unspecified atom stereocenters. The molecule has 3 aromatic rings. The fraction of sp³-hybridized carbons (Fsp3) is 0.167. The van der Waals surface area contributed by atoms with Crippen LogP contribution < -0.4 is 5.32 Å². The predicted octanol–water partition coefficient (Wildman–Crippen LogP) is 4.43. The van der Waals surface area contributed by atoms with Crippen molar-refractivity contribution in [2.75, 3.05) is 0 Å². The summed E-state index contributed by atoms with van der Waals surface area (Å²) >= 11 is 5.93. The Morgan fingerprint density at radius 1 is 1.19 bits per heavy atom. The minimum atomic E-state index is -4.55. The number of hydrogen-bond acceptors (Lipinski definition) is 3. The Morgan fingerprint density at radius 3 is 2.63 bits per heavy atom. The van der Waals surface area contributed by atoms with Crippen molar-refractivity contribution in [2.24, 2.45) is 0 Å². The summed E-state index contributed by atoms with van der Waals surface area (Å²) in [5.74, 6) is -0.557. The molecule has 0 aliphatic carbocycles. The normalized spacial score (nSPS) is 12.6. The monoisotopic (exact) mass is 394 g/mol. The summed E-state index contributed by atoms with van der Waals surface area (Å²) in [4.78, 5) is 12.4. The highest BCUT2D eigenvalue weighted by Crippen LogP contribution is 2.33. The van der Waals surface area contributed by atoms with Crippen molar-refractivity contribution in [1.82, 2.24) is 20.3 Å². The molecule has 1 aromatic heterocycles. The lowest BCUT2D eigenvalue weighted by Crippen LogP contribution is -2.27. The van der Waals surface area contributed by atoms with E-state index in [0.29, 0.717) is 5.02 Å². The molecular formula is C18H14ClF3N4O. The number of para-hydroxylation sites is 1. The van der Waals surface area contributed by atoms with Gasteiger partial charge in [-0.05, 0) is 36.8 Å². The molecule has 1 amide bonds. The molecule has 0 radical (unpaired) electrons. The van der Waals surface area contributed by atoms with Gasteiger partial charge in [0.15, 0.2) is 5.69 Å². The summed E-state index contributed by atoms with van der Waals surface area (Å²) in [6.07, 6.45) is -3.39. The Balaban J connectivity index is 1.81. The molecule has 0 saturated carbocycles. The molecule has 9 heteroatoms. The minimum Gasteiger partial charge on any atom is -0.344 e. The average Bonchev–Trinajstić information content (AvgIpc) is 3.11. The van der Waals surface area contributed by atoms with Crippen LogP contribution in [0.15, 0.2) is 54.7 Å². The van der Waals surface area contributed by atoms with Gasteiger partial charge in [0.1, 0.15) is 0 Å². The summed E-state index contributed by atoms with van der Waals surface area (Å²) < 4.78 is 40.4. The number of amides is 1. The van der Waals surface area contributed by atoms with E-state index >= 15 is 0 Å². The molecule has 0 fully saturated rings. The number of halogens is 4. The smallest absolute Gasteiger partial charge is 0.344 e. The van der Waals surface area contributed by atoms with Crippen LogP contribution in [0.4, 0.5) is 13.2 Å². The highest BCUT2D eigenvalue weighted by atomic mass is 35.5. The molecule has 27 heavy (non-hydrogen) atoms. The van der Waals surface area contributed by atoms with Gasteiger partial charge in [0.2, 0.25) is 0 Å². The first kappa shape index (κ1) is 18.9. The highest BCUT2D eigenvalue weighted by molar-refractivity contribution is 6.30. The van der Waals surface area contributed by atoms with Crippen LogP contribution in [0.5, 0.6) is 0 Å². The average molecular weight is 395 g/mol. The maximum atomic E-state index is 13.1. The first-order chi connectivity index (χ1) is 12.8. The lowest BCUT2D eigenvalue weighted by molar-refractivity contribution is -0.137. The molecule has 0 bridgehead atoms. The molecule has 1 N–H and O–H groups in total. The van der Waals surface area contributed by atoms with Crippen molar-refractivity contribution in [3.63, 3.8) is 0 Å². The maximum absolute atomic E-state index is 13.1. The molecule has 2 aromatic carbocycles. The highest BCUT2D eigenvalue weighted by Gasteiger charge is 2.34. The van der Waals surface area contributed by atoms with Crippen LogP contribution in [0, 0.1) is 0 Å². The van der Waals surface area contributed by atoms with Crippen LogP contribution in [0.3, 0.4) is 0 Å². The fourth-order valence-corrected chi connectivity index (χ4v) is 2.73. The topological polar surface area (TPSA) is 59.8 Å². The Bertz CT molecular complexity index is 971. The third-order valence-electron chi connectivity index (χ3n) is 3.88. The molecule has 3 rings (SSSR count). The zero-order valence-electron chi connectivity index (χ0n) is 14.0. The Hall–Kier alpha value is -2.87. The van der Waals surface area contributed by atoms with Gasteiger partial charge in [-0.3, -0.25) is 4.79 Å². The van der Waals surface area contributed by atoms with E-state index in [1.807, 2.05) is 0 Å². The van der Waals surface area contributed by atoms with Crippen LogP contribution in [0.25, 0.3) is 5.69 Å². The predicted molar refractivity (Wildman–Crippen MR) is 93.7 cm³/mol. The van der Waals surface area contributed by atoms with Crippen LogP contribution >= 0.6 is 11.6 Å². The Labute approximate surface area is 157 Å². The first-order valence-corrected chi connectivity index (χ1v) is 8.29. The number of nitrogens with zero attached hydrogens (tertiary/aromatic N) is 3. The molecular weight excluding hydrogens is 381 g/mol. The van der Waals surface area contributed by atoms with Gasteiger partial charge in [-0.25, -0.2) is 4.68 Å². The van der Waals surface area contributed by atoms with Crippen molar-refractivity contribution in [1.29, 1.82) is 0 Å². The Morgan fingerprint density at radius 2 is 1.93 bits per heavy atom. The molecule has 140 valence electrons. The molecule has 1 atom stereocenters.